The molecule has 0 saturated carbocycles. The maximum Gasteiger partial charge on any atom is 0.128 e. The molecule has 0 aliphatic rings. The zero-order valence-electron chi connectivity index (χ0n) is 45.6. The molecule has 0 atom stereocenters. The molecular formula is C57H88N4O4Zr2-2. The van der Waals surface area contributed by atoms with Crippen molar-refractivity contribution < 1.29 is 72.8 Å². The van der Waals surface area contributed by atoms with Gasteiger partial charge in [-0.1, -0.05) is 114 Å². The second kappa shape index (κ2) is 31.6. The second-order valence-corrected chi connectivity index (χ2v) is 20.4. The van der Waals surface area contributed by atoms with Crippen molar-refractivity contribution >= 4 is 24.9 Å². The van der Waals surface area contributed by atoms with Gasteiger partial charge in [-0.3, -0.25) is 20.0 Å². The van der Waals surface area contributed by atoms with Crippen LogP contribution in [0.1, 0.15) is 157 Å². The van der Waals surface area contributed by atoms with Crippen molar-refractivity contribution in [2.24, 2.45) is 31.8 Å². The summed E-state index contributed by atoms with van der Waals surface area (Å²) >= 11 is 0. The van der Waals surface area contributed by atoms with Crippen molar-refractivity contribution in [3.05, 3.63) is 130 Å². The van der Waals surface area contributed by atoms with E-state index in [0.717, 1.165) is 68.5 Å². The summed E-state index contributed by atoms with van der Waals surface area (Å²) in [6.45, 7) is 33.8. The van der Waals surface area contributed by atoms with Gasteiger partial charge in [0.15, 0.2) is 0 Å². The standard InChI is InChI=1S/2C16H25NO.C13H19NO.C10H13NO.2CH3.2Zr/c2*1-11(2)7-12-8-13(10-17-6)15(18)14(9-12)16(3,4)5;1-9-6-10(13(2,3)4)7-12(15)11(9)8-14-5;1-7-4-8(2)10(12)9(5-7)6-11-3;;;;/h2*8-11,18H,7H2,1-6H3;6-8,15H,1-5H3;4-6,12H,1-3H3;2*1H3;;/q;;;;2*-1;;. The zero-order valence-corrected chi connectivity index (χ0v) is 50.5. The molecule has 4 rings (SSSR count). The summed E-state index contributed by atoms with van der Waals surface area (Å²) in [5.41, 5.74) is 11.9. The predicted molar refractivity (Wildman–Crippen MR) is 287 cm³/mol. The molecule has 67 heavy (non-hydrogen) atoms. The van der Waals surface area contributed by atoms with Crippen LogP contribution in [0, 0.1) is 47.5 Å². The largest absolute Gasteiger partial charge is 0.507 e. The summed E-state index contributed by atoms with van der Waals surface area (Å²) in [5.74, 6) is 2.57. The number of phenols is 4. The van der Waals surface area contributed by atoms with Gasteiger partial charge in [0, 0.05) is 139 Å². The number of aryl methyl sites for hydroxylation is 3. The van der Waals surface area contributed by atoms with E-state index < -0.39 is 0 Å². The minimum absolute atomic E-state index is 0. The van der Waals surface area contributed by atoms with Gasteiger partial charge >= 0.3 is 0 Å². The first kappa shape index (κ1) is 70.1. The van der Waals surface area contributed by atoms with Crippen molar-refractivity contribution in [3.8, 4) is 23.0 Å². The number of aromatic hydroxyl groups is 4. The van der Waals surface area contributed by atoms with Crippen molar-refractivity contribution in [1.82, 2.24) is 0 Å². The van der Waals surface area contributed by atoms with E-state index in [1.807, 2.05) is 51.1 Å². The van der Waals surface area contributed by atoms with Crippen LogP contribution in [0.2, 0.25) is 0 Å². The molecule has 0 bridgehead atoms. The molecule has 0 unspecified atom stereocenters. The van der Waals surface area contributed by atoms with Gasteiger partial charge in [0.25, 0.3) is 0 Å². The summed E-state index contributed by atoms with van der Waals surface area (Å²) in [6.07, 6.45) is 8.86. The van der Waals surface area contributed by atoms with Gasteiger partial charge in [-0.2, -0.15) is 0 Å². The molecule has 4 aromatic carbocycles. The maximum absolute atomic E-state index is 10.3. The van der Waals surface area contributed by atoms with Gasteiger partial charge in [0.1, 0.15) is 23.0 Å². The van der Waals surface area contributed by atoms with E-state index in [1.165, 1.54) is 11.1 Å². The molecule has 0 spiro atoms. The quantitative estimate of drug-likeness (QED) is 0.103. The minimum atomic E-state index is -0.0621. The van der Waals surface area contributed by atoms with E-state index >= 15 is 0 Å². The molecule has 370 valence electrons. The Morgan fingerprint density at radius 2 is 0.821 bits per heavy atom. The first-order chi connectivity index (χ1) is 29.0. The topological polar surface area (TPSA) is 130 Å². The van der Waals surface area contributed by atoms with Crippen molar-refractivity contribution in [2.75, 3.05) is 28.2 Å². The Bertz CT molecular complexity index is 2110. The van der Waals surface area contributed by atoms with Crippen LogP contribution >= 0.6 is 0 Å². The van der Waals surface area contributed by atoms with Crippen LogP contribution in [0.3, 0.4) is 0 Å². The van der Waals surface area contributed by atoms with Crippen LogP contribution in [0.4, 0.5) is 0 Å². The molecule has 0 aliphatic carbocycles. The van der Waals surface area contributed by atoms with Crippen LogP contribution in [-0.2, 0) is 81.5 Å². The van der Waals surface area contributed by atoms with Crippen LogP contribution < -0.4 is 0 Å². The van der Waals surface area contributed by atoms with E-state index in [1.54, 1.807) is 53.0 Å². The Balaban J connectivity index is -0.000000391. The molecule has 0 aliphatic heterocycles. The van der Waals surface area contributed by atoms with E-state index in [4.69, 9.17) is 0 Å². The van der Waals surface area contributed by atoms with Crippen LogP contribution in [0.15, 0.2) is 68.5 Å². The van der Waals surface area contributed by atoms with Crippen LogP contribution in [0.5, 0.6) is 23.0 Å². The Morgan fingerprint density at radius 3 is 1.12 bits per heavy atom. The van der Waals surface area contributed by atoms with E-state index in [2.05, 4.69) is 128 Å². The molecular weight excluding hydrogens is 987 g/mol. The van der Waals surface area contributed by atoms with Gasteiger partial charge in [-0.15, -0.1) is 0 Å². The van der Waals surface area contributed by atoms with Crippen LogP contribution in [0.25, 0.3) is 0 Å². The van der Waals surface area contributed by atoms with Gasteiger partial charge < -0.3 is 35.3 Å². The van der Waals surface area contributed by atoms with Crippen LogP contribution in [-0.4, -0.2) is 73.5 Å². The van der Waals surface area contributed by atoms with E-state index in [-0.39, 0.29) is 83.5 Å². The minimum Gasteiger partial charge on any atom is -0.507 e. The third kappa shape index (κ3) is 23.6. The third-order valence-electron chi connectivity index (χ3n) is 10.1. The molecule has 0 fully saturated rings. The maximum atomic E-state index is 10.3. The number of nitrogens with zero attached hydrogens (tertiary/aromatic N) is 4. The number of hydrogen-bond donors (Lipinski definition) is 4. The fourth-order valence-corrected chi connectivity index (χ4v) is 6.98. The first-order valence-electron chi connectivity index (χ1n) is 22.1. The molecule has 0 radical (unpaired) electrons. The smallest absolute Gasteiger partial charge is 0.128 e. The number of rotatable bonds is 8. The number of benzene rings is 4. The van der Waals surface area contributed by atoms with Gasteiger partial charge in [0.2, 0.25) is 0 Å². The predicted octanol–water partition coefficient (Wildman–Crippen LogP) is 13.9. The fraction of sp³-hybridized carbons (Fsp3) is 0.474. The first-order valence-corrected chi connectivity index (χ1v) is 22.1. The molecule has 4 N–H and O–H groups in total. The second-order valence-electron chi connectivity index (χ2n) is 20.4. The molecule has 0 aromatic heterocycles. The monoisotopic (exact) mass is 1070 g/mol. The Labute approximate surface area is 447 Å². The average molecular weight is 1080 g/mol. The zero-order chi connectivity index (χ0) is 48.6. The van der Waals surface area contributed by atoms with Crippen molar-refractivity contribution in [2.45, 2.75) is 140 Å². The van der Waals surface area contributed by atoms with Gasteiger partial charge in [0.05, 0.1) is 0 Å². The normalized spacial score (nSPS) is 11.5. The Morgan fingerprint density at radius 1 is 0.463 bits per heavy atom. The summed E-state index contributed by atoms with van der Waals surface area (Å²) in [4.78, 5) is 15.8. The molecule has 0 heterocycles. The molecule has 8 nitrogen and oxygen atoms in total. The van der Waals surface area contributed by atoms with E-state index in [9.17, 15) is 20.4 Å². The summed E-state index contributed by atoms with van der Waals surface area (Å²) in [5, 5.41) is 40.1. The van der Waals surface area contributed by atoms with Gasteiger partial charge in [-0.05, 0) is 119 Å². The molecule has 0 saturated heterocycles. The SMILES string of the molecule is CN=Cc1c(C)cc(C(C)(C)C)cc1O.CN=Cc1cc(C)cc(C)c1O.CN=Cc1cc(CC(C)C)cc(C(C)(C)C)c1O.CN=Cc1cc(CC(C)C)cc(C(C)(C)C)c1O.[CH3-].[CH3-].[Zr].[Zr]. The van der Waals surface area contributed by atoms with Gasteiger partial charge in [-0.25, -0.2) is 0 Å². The number of phenolic OH excluding ortho intramolecular Hbond substituents is 4. The Hall–Kier alpha value is -3.47. The fourth-order valence-electron chi connectivity index (χ4n) is 6.98. The third-order valence-corrected chi connectivity index (χ3v) is 10.1. The summed E-state index contributed by atoms with van der Waals surface area (Å²) in [7, 11) is 6.85. The number of aliphatic imine (C=N–C) groups is 4. The summed E-state index contributed by atoms with van der Waals surface area (Å²) < 4.78 is 0. The van der Waals surface area contributed by atoms with Crippen molar-refractivity contribution in [3.63, 3.8) is 0 Å². The van der Waals surface area contributed by atoms with Crippen molar-refractivity contribution in [1.29, 1.82) is 0 Å². The van der Waals surface area contributed by atoms with E-state index in [0.29, 0.717) is 34.8 Å². The molecule has 0 amide bonds. The summed E-state index contributed by atoms with van der Waals surface area (Å²) in [6, 6.07) is 16.1. The molecule has 4 aromatic rings. The molecule has 10 heteroatoms. The Kier molecular flexibility index (Phi) is 33.1. The number of hydrogen-bond acceptors (Lipinski definition) is 8. The average Bonchev–Trinajstić information content (AvgIpc) is 3.13.